The highest BCUT2D eigenvalue weighted by Gasteiger charge is 2.35. The highest BCUT2D eigenvalue weighted by atomic mass is 32.2. The summed E-state index contributed by atoms with van der Waals surface area (Å²) >= 11 is 0. The van der Waals surface area contributed by atoms with E-state index in [1.54, 1.807) is 0 Å². The van der Waals surface area contributed by atoms with Crippen LogP contribution in [0.15, 0.2) is 0 Å². The number of carbonyl (C=O) groups excluding carboxylic acids is 1. The Morgan fingerprint density at radius 2 is 2.16 bits per heavy atom. The minimum Gasteiger partial charge on any atom is -0.378 e. The summed E-state index contributed by atoms with van der Waals surface area (Å²) in [6.07, 6.45) is 1.72. The van der Waals surface area contributed by atoms with E-state index in [0.717, 1.165) is 12.8 Å². The monoisotopic (exact) mass is 291 g/mol. The van der Waals surface area contributed by atoms with E-state index in [0.29, 0.717) is 26.4 Å². The second kappa shape index (κ2) is 6.30. The summed E-state index contributed by atoms with van der Waals surface area (Å²) < 4.78 is 36.9. The molecule has 2 rings (SSSR count). The van der Waals surface area contributed by atoms with Crippen LogP contribution in [0.3, 0.4) is 0 Å². The van der Waals surface area contributed by atoms with Gasteiger partial charge in [-0.3, -0.25) is 4.79 Å². The number of carbonyl (C=O) groups is 1. The molecule has 0 saturated carbocycles. The van der Waals surface area contributed by atoms with Crippen LogP contribution in [-0.4, -0.2) is 62.8 Å². The molecule has 0 aromatic heterocycles. The lowest BCUT2D eigenvalue weighted by atomic mass is 10.1. The lowest BCUT2D eigenvalue weighted by molar-refractivity contribution is -0.118. The fourth-order valence-corrected chi connectivity index (χ4v) is 4.47. The molecule has 2 atom stereocenters. The van der Waals surface area contributed by atoms with E-state index in [4.69, 9.17) is 9.47 Å². The SMILES string of the molecule is CC(=O)C[C@@H]1COCCN1S(=O)(=O)C[C@@H]1CCCO1. The zero-order chi connectivity index (χ0) is 13.9. The predicted molar refractivity (Wildman–Crippen MR) is 69.4 cm³/mol. The molecule has 0 aromatic rings. The van der Waals surface area contributed by atoms with Crippen molar-refractivity contribution in [1.82, 2.24) is 4.31 Å². The second-order valence-corrected chi connectivity index (χ2v) is 7.13. The van der Waals surface area contributed by atoms with E-state index in [1.807, 2.05) is 0 Å². The van der Waals surface area contributed by atoms with Gasteiger partial charge in [-0.25, -0.2) is 8.42 Å². The largest absolute Gasteiger partial charge is 0.378 e. The first-order chi connectivity index (χ1) is 8.99. The van der Waals surface area contributed by atoms with E-state index >= 15 is 0 Å². The van der Waals surface area contributed by atoms with Gasteiger partial charge < -0.3 is 9.47 Å². The van der Waals surface area contributed by atoms with Crippen LogP contribution in [0.5, 0.6) is 0 Å². The van der Waals surface area contributed by atoms with Crippen LogP contribution >= 0.6 is 0 Å². The number of rotatable bonds is 5. The van der Waals surface area contributed by atoms with E-state index in [1.165, 1.54) is 11.2 Å². The Labute approximate surface area is 114 Å². The van der Waals surface area contributed by atoms with E-state index < -0.39 is 10.0 Å². The third kappa shape index (κ3) is 3.98. The molecule has 110 valence electrons. The van der Waals surface area contributed by atoms with Crippen molar-refractivity contribution in [3.63, 3.8) is 0 Å². The fraction of sp³-hybridized carbons (Fsp3) is 0.917. The van der Waals surface area contributed by atoms with E-state index in [9.17, 15) is 13.2 Å². The normalized spacial score (nSPS) is 29.5. The highest BCUT2D eigenvalue weighted by Crippen LogP contribution is 2.20. The topological polar surface area (TPSA) is 72.9 Å². The van der Waals surface area contributed by atoms with Crippen LogP contribution in [0.1, 0.15) is 26.2 Å². The summed E-state index contributed by atoms with van der Waals surface area (Å²) in [6, 6.07) is -0.363. The number of ketones is 1. The third-order valence-corrected chi connectivity index (χ3v) is 5.46. The molecule has 0 N–H and O–H groups in total. The fourth-order valence-electron chi connectivity index (χ4n) is 2.60. The molecule has 2 saturated heterocycles. The summed E-state index contributed by atoms with van der Waals surface area (Å²) in [6.45, 7) is 3.12. The van der Waals surface area contributed by atoms with Crippen LogP contribution < -0.4 is 0 Å². The van der Waals surface area contributed by atoms with Crippen LogP contribution in [-0.2, 0) is 24.3 Å². The number of hydrogen-bond donors (Lipinski definition) is 0. The minimum absolute atomic E-state index is 0.0153. The number of Topliss-reactive ketones (excluding diaryl/α,β-unsaturated/α-hetero) is 1. The molecule has 0 aliphatic carbocycles. The maximum atomic E-state index is 12.4. The van der Waals surface area contributed by atoms with E-state index in [-0.39, 0.29) is 30.1 Å². The van der Waals surface area contributed by atoms with Crippen molar-refractivity contribution in [3.8, 4) is 0 Å². The molecule has 0 amide bonds. The van der Waals surface area contributed by atoms with Gasteiger partial charge in [0.1, 0.15) is 5.78 Å². The number of sulfonamides is 1. The molecule has 0 radical (unpaired) electrons. The lowest BCUT2D eigenvalue weighted by Gasteiger charge is -2.34. The van der Waals surface area contributed by atoms with Gasteiger partial charge in [0.15, 0.2) is 0 Å². The first-order valence-corrected chi connectivity index (χ1v) is 8.28. The molecular weight excluding hydrogens is 270 g/mol. The van der Waals surface area contributed by atoms with E-state index in [2.05, 4.69) is 0 Å². The molecule has 0 bridgehead atoms. The molecule has 2 heterocycles. The third-order valence-electron chi connectivity index (χ3n) is 3.47. The second-order valence-electron chi connectivity index (χ2n) is 5.16. The smallest absolute Gasteiger partial charge is 0.217 e. The predicted octanol–water partition coefficient (Wildman–Crippen LogP) is 0.175. The van der Waals surface area contributed by atoms with Crippen molar-refractivity contribution in [2.75, 3.05) is 32.1 Å². The van der Waals surface area contributed by atoms with Gasteiger partial charge in [-0.2, -0.15) is 4.31 Å². The Balaban J connectivity index is 2.04. The van der Waals surface area contributed by atoms with Crippen LogP contribution in [0.4, 0.5) is 0 Å². The van der Waals surface area contributed by atoms with Gasteiger partial charge >= 0.3 is 0 Å². The maximum absolute atomic E-state index is 12.4. The van der Waals surface area contributed by atoms with Crippen molar-refractivity contribution in [1.29, 1.82) is 0 Å². The molecule has 0 unspecified atom stereocenters. The number of ether oxygens (including phenoxy) is 2. The average Bonchev–Trinajstić information content (AvgIpc) is 2.80. The van der Waals surface area contributed by atoms with Crippen LogP contribution in [0.25, 0.3) is 0 Å². The van der Waals surface area contributed by atoms with Gasteiger partial charge in [-0.05, 0) is 19.8 Å². The molecule has 7 heteroatoms. The lowest BCUT2D eigenvalue weighted by Crippen LogP contribution is -2.51. The first kappa shape index (κ1) is 14.9. The summed E-state index contributed by atoms with van der Waals surface area (Å²) in [5, 5.41) is 0. The van der Waals surface area contributed by atoms with Crippen molar-refractivity contribution in [2.24, 2.45) is 0 Å². The molecule has 2 aliphatic heterocycles. The molecule has 0 spiro atoms. The Bertz CT molecular complexity index is 416. The average molecular weight is 291 g/mol. The minimum atomic E-state index is -3.39. The highest BCUT2D eigenvalue weighted by molar-refractivity contribution is 7.89. The van der Waals surface area contributed by atoms with Gasteiger partial charge in [0.25, 0.3) is 0 Å². The Morgan fingerprint density at radius 1 is 1.37 bits per heavy atom. The molecule has 2 aliphatic rings. The van der Waals surface area contributed by atoms with Crippen LogP contribution in [0.2, 0.25) is 0 Å². The van der Waals surface area contributed by atoms with Gasteiger partial charge in [0.05, 0.1) is 31.1 Å². The number of hydrogen-bond acceptors (Lipinski definition) is 5. The number of morpholine rings is 1. The van der Waals surface area contributed by atoms with Gasteiger partial charge in [-0.1, -0.05) is 0 Å². The maximum Gasteiger partial charge on any atom is 0.217 e. The Kier molecular flexibility index (Phi) is 4.94. The summed E-state index contributed by atoms with van der Waals surface area (Å²) in [5.41, 5.74) is 0. The van der Waals surface area contributed by atoms with Crippen molar-refractivity contribution >= 4 is 15.8 Å². The summed E-state index contributed by atoms with van der Waals surface area (Å²) in [5.74, 6) is -0.00526. The molecule has 19 heavy (non-hydrogen) atoms. The van der Waals surface area contributed by atoms with Gasteiger partial charge in [0.2, 0.25) is 10.0 Å². The Hall–Kier alpha value is -0.500. The standard InChI is InChI=1S/C12H21NO5S/c1-10(14)7-11-8-17-6-4-13(11)19(15,16)9-12-3-2-5-18-12/h11-12H,2-9H2,1H3/t11-,12+/m1/s1. The van der Waals surface area contributed by atoms with Crippen LogP contribution in [0, 0.1) is 0 Å². The van der Waals surface area contributed by atoms with Crippen molar-refractivity contribution < 1.29 is 22.7 Å². The molecule has 0 aromatic carbocycles. The Morgan fingerprint density at radius 3 is 2.79 bits per heavy atom. The molecular formula is C12H21NO5S. The molecule has 6 nitrogen and oxygen atoms in total. The molecule has 2 fully saturated rings. The quantitative estimate of drug-likeness (QED) is 0.722. The van der Waals surface area contributed by atoms with Gasteiger partial charge in [-0.15, -0.1) is 0 Å². The van der Waals surface area contributed by atoms with Crippen molar-refractivity contribution in [2.45, 2.75) is 38.3 Å². The van der Waals surface area contributed by atoms with Gasteiger partial charge in [0, 0.05) is 19.6 Å². The summed E-state index contributed by atoms with van der Waals surface area (Å²) in [4.78, 5) is 11.2. The summed E-state index contributed by atoms with van der Waals surface area (Å²) in [7, 11) is -3.39. The zero-order valence-corrected chi connectivity index (χ0v) is 12.0. The zero-order valence-electron chi connectivity index (χ0n) is 11.2. The first-order valence-electron chi connectivity index (χ1n) is 6.67. The van der Waals surface area contributed by atoms with Crippen molar-refractivity contribution in [3.05, 3.63) is 0 Å². The number of nitrogens with zero attached hydrogens (tertiary/aromatic N) is 1.